The van der Waals surface area contributed by atoms with Gasteiger partial charge < -0.3 is 15.3 Å². The van der Waals surface area contributed by atoms with Gasteiger partial charge in [0.15, 0.2) is 0 Å². The van der Waals surface area contributed by atoms with E-state index >= 15 is 0 Å². The molecule has 0 aromatic heterocycles. The van der Waals surface area contributed by atoms with E-state index in [1.54, 1.807) is 0 Å². The minimum atomic E-state index is -0.199. The van der Waals surface area contributed by atoms with Crippen LogP contribution in [-0.2, 0) is 0 Å². The molecule has 0 aliphatic carbocycles. The molecule has 15 heavy (non-hydrogen) atoms. The molecule has 3 N–H and O–H groups in total. The number of nitrogens with zero attached hydrogens (tertiary/aromatic N) is 1. The second-order valence-corrected chi connectivity index (χ2v) is 3.90. The average molecular weight is 219 g/mol. The normalized spacial score (nSPS) is 27.0. The second-order valence-electron chi connectivity index (χ2n) is 3.90. The van der Waals surface area contributed by atoms with Gasteiger partial charge in [-0.2, -0.15) is 0 Å². The molecule has 1 unspecified atom stereocenters. The monoisotopic (exact) mass is 219 g/mol. The van der Waals surface area contributed by atoms with Crippen molar-refractivity contribution in [1.82, 2.24) is 4.90 Å². The molecule has 1 rings (SSSR count). The van der Waals surface area contributed by atoms with E-state index in [1.165, 1.54) is 12.8 Å². The van der Waals surface area contributed by atoms with Crippen molar-refractivity contribution in [2.75, 3.05) is 26.8 Å². The third-order valence-corrected chi connectivity index (χ3v) is 2.82. The molecule has 0 aromatic rings. The van der Waals surface area contributed by atoms with Crippen LogP contribution >= 0.6 is 0 Å². The highest BCUT2D eigenvalue weighted by Gasteiger charge is 2.25. The van der Waals surface area contributed by atoms with Crippen LogP contribution in [0.4, 0.5) is 0 Å². The van der Waals surface area contributed by atoms with Gasteiger partial charge in [-0.1, -0.05) is 13.3 Å². The Balaban J connectivity index is 0.000000921. The number of aliphatic hydroxyl groups excluding tert-OH is 3. The summed E-state index contributed by atoms with van der Waals surface area (Å²) in [5, 5.41) is 25.5. The average Bonchev–Trinajstić information content (AvgIpc) is 2.30. The van der Waals surface area contributed by atoms with Crippen molar-refractivity contribution < 1.29 is 15.3 Å². The minimum Gasteiger partial charge on any atom is -0.400 e. The van der Waals surface area contributed by atoms with Crippen LogP contribution in [0.2, 0.25) is 0 Å². The van der Waals surface area contributed by atoms with Gasteiger partial charge >= 0.3 is 0 Å². The molecule has 0 amide bonds. The molecule has 1 fully saturated rings. The van der Waals surface area contributed by atoms with Crippen LogP contribution in [-0.4, -0.2) is 59.2 Å². The molecule has 1 heterocycles. The summed E-state index contributed by atoms with van der Waals surface area (Å²) in [7, 11) is 1.00. The maximum absolute atomic E-state index is 9.42. The first-order valence-electron chi connectivity index (χ1n) is 5.75. The summed E-state index contributed by atoms with van der Waals surface area (Å²) in [6.45, 7) is 4.36. The maximum Gasteiger partial charge on any atom is 0.0587 e. The first kappa shape index (κ1) is 14.8. The van der Waals surface area contributed by atoms with E-state index in [4.69, 9.17) is 10.2 Å². The van der Waals surface area contributed by atoms with Crippen LogP contribution in [0.15, 0.2) is 0 Å². The fraction of sp³-hybridized carbons (Fsp3) is 1.00. The fourth-order valence-electron chi connectivity index (χ4n) is 1.92. The molecule has 0 spiro atoms. The summed E-state index contributed by atoms with van der Waals surface area (Å²) in [6.07, 6.45) is 3.78. The van der Waals surface area contributed by atoms with Crippen LogP contribution in [0.1, 0.15) is 32.6 Å². The van der Waals surface area contributed by atoms with Crippen molar-refractivity contribution in [3.8, 4) is 0 Å². The molecule has 0 radical (unpaired) electrons. The summed E-state index contributed by atoms with van der Waals surface area (Å²) in [5.41, 5.74) is 0. The lowest BCUT2D eigenvalue weighted by atomic mass is 10.00. The molecule has 4 heteroatoms. The van der Waals surface area contributed by atoms with E-state index in [-0.39, 0.29) is 18.8 Å². The van der Waals surface area contributed by atoms with Gasteiger partial charge in [0.1, 0.15) is 0 Å². The van der Waals surface area contributed by atoms with E-state index in [9.17, 15) is 5.11 Å². The maximum atomic E-state index is 9.42. The van der Waals surface area contributed by atoms with Crippen molar-refractivity contribution >= 4 is 0 Å². The number of unbranched alkanes of at least 4 members (excludes halogenated alkanes) is 1. The van der Waals surface area contributed by atoms with Crippen molar-refractivity contribution in [2.45, 2.75) is 44.8 Å². The number of rotatable bonds is 4. The molecule has 1 aliphatic rings. The van der Waals surface area contributed by atoms with Crippen molar-refractivity contribution in [3.63, 3.8) is 0 Å². The highest BCUT2D eigenvalue weighted by Crippen LogP contribution is 2.17. The lowest BCUT2D eigenvalue weighted by Gasteiger charge is -2.36. The third kappa shape index (κ3) is 5.47. The summed E-state index contributed by atoms with van der Waals surface area (Å²) >= 11 is 0. The lowest BCUT2D eigenvalue weighted by Crippen LogP contribution is -2.46. The summed E-state index contributed by atoms with van der Waals surface area (Å²) in [4.78, 5) is 2.30. The quantitative estimate of drug-likeness (QED) is 0.632. The Morgan fingerprint density at radius 3 is 2.53 bits per heavy atom. The molecule has 1 aliphatic heterocycles. The number of likely N-dealkylation sites (tertiary alicyclic amines) is 1. The highest BCUT2D eigenvalue weighted by atomic mass is 16.3. The van der Waals surface area contributed by atoms with E-state index in [1.807, 2.05) is 0 Å². The number of aliphatic hydroxyl groups is 3. The number of piperidine rings is 1. The van der Waals surface area contributed by atoms with Crippen LogP contribution < -0.4 is 0 Å². The van der Waals surface area contributed by atoms with Gasteiger partial charge in [0, 0.05) is 19.7 Å². The number of hydrogen-bond acceptors (Lipinski definition) is 4. The lowest BCUT2D eigenvalue weighted by molar-refractivity contribution is 0.0166. The first-order chi connectivity index (χ1) is 7.27. The first-order valence-corrected chi connectivity index (χ1v) is 5.75. The van der Waals surface area contributed by atoms with E-state index in [0.29, 0.717) is 0 Å². The van der Waals surface area contributed by atoms with Crippen LogP contribution in [0.25, 0.3) is 0 Å². The van der Waals surface area contributed by atoms with Gasteiger partial charge in [-0.25, -0.2) is 0 Å². The predicted molar refractivity (Wildman–Crippen MR) is 60.7 cm³/mol. The summed E-state index contributed by atoms with van der Waals surface area (Å²) < 4.78 is 0. The van der Waals surface area contributed by atoms with Gasteiger partial charge in [-0.05, 0) is 25.8 Å². The van der Waals surface area contributed by atoms with Crippen molar-refractivity contribution in [2.24, 2.45) is 0 Å². The van der Waals surface area contributed by atoms with Crippen molar-refractivity contribution in [3.05, 3.63) is 0 Å². The molecule has 0 aromatic carbocycles. The minimum absolute atomic E-state index is 0.181. The fourth-order valence-corrected chi connectivity index (χ4v) is 1.92. The standard InChI is InChI=1S/C10H21NO2.CH4O/c1-2-3-5-11-6-4-10(13)7-9(11)8-12;1-2/h9-10,12-13H,2-8H2,1H3;2H,1H3/t9?,10-;/m1./s1. The molecule has 0 saturated carbocycles. The number of hydrogen-bond donors (Lipinski definition) is 3. The van der Waals surface area contributed by atoms with E-state index < -0.39 is 0 Å². The zero-order valence-corrected chi connectivity index (χ0v) is 9.89. The molecular formula is C11H25NO3. The van der Waals surface area contributed by atoms with Gasteiger partial charge in [0.25, 0.3) is 0 Å². The Hall–Kier alpha value is -0.160. The molecular weight excluding hydrogens is 194 g/mol. The zero-order valence-electron chi connectivity index (χ0n) is 9.89. The van der Waals surface area contributed by atoms with E-state index in [0.717, 1.165) is 33.0 Å². The predicted octanol–water partition coefficient (Wildman–Crippen LogP) is 0.213. The van der Waals surface area contributed by atoms with Crippen molar-refractivity contribution in [1.29, 1.82) is 0 Å². The Labute approximate surface area is 92.5 Å². The van der Waals surface area contributed by atoms with Gasteiger partial charge in [0.05, 0.1) is 12.7 Å². The zero-order chi connectivity index (χ0) is 11.7. The van der Waals surface area contributed by atoms with Gasteiger partial charge in [0.2, 0.25) is 0 Å². The van der Waals surface area contributed by atoms with Crippen LogP contribution in [0, 0.1) is 0 Å². The van der Waals surface area contributed by atoms with Crippen LogP contribution in [0.5, 0.6) is 0 Å². The Kier molecular flexibility index (Phi) is 9.00. The summed E-state index contributed by atoms with van der Waals surface area (Å²) in [6, 6.07) is 0.190. The largest absolute Gasteiger partial charge is 0.400 e. The molecule has 92 valence electrons. The van der Waals surface area contributed by atoms with E-state index in [2.05, 4.69) is 11.8 Å². The summed E-state index contributed by atoms with van der Waals surface area (Å²) in [5.74, 6) is 0. The topological polar surface area (TPSA) is 63.9 Å². The smallest absolute Gasteiger partial charge is 0.0587 e. The second kappa shape index (κ2) is 9.09. The van der Waals surface area contributed by atoms with Gasteiger partial charge in [-0.15, -0.1) is 0 Å². The molecule has 4 nitrogen and oxygen atoms in total. The third-order valence-electron chi connectivity index (χ3n) is 2.82. The molecule has 0 bridgehead atoms. The highest BCUT2D eigenvalue weighted by molar-refractivity contribution is 4.80. The Morgan fingerprint density at radius 2 is 2.00 bits per heavy atom. The van der Waals surface area contributed by atoms with Gasteiger partial charge in [-0.3, -0.25) is 4.90 Å². The Bertz CT molecular complexity index is 142. The molecule has 2 atom stereocenters. The SMILES string of the molecule is CCCCN1CC[C@@H](O)CC1CO.CO. The van der Waals surface area contributed by atoms with Crippen LogP contribution in [0.3, 0.4) is 0 Å². The molecule has 1 saturated heterocycles. The Morgan fingerprint density at radius 1 is 1.33 bits per heavy atom.